The summed E-state index contributed by atoms with van der Waals surface area (Å²) in [5.41, 5.74) is 1.19. The number of pyridine rings is 1. The lowest BCUT2D eigenvalue weighted by molar-refractivity contribution is -0.137. The zero-order chi connectivity index (χ0) is 23.8. The standard InChI is InChI=1S/C23H19F3N4O3/c1-30-21-17(12-27-30)16(22(31)28-15-8-9-19(32-2)20(10-15)33-3)11-18(29-21)13-4-6-14(7-5-13)23(24,25)26/h4-12H,1-3H3,(H,28,31). The van der Waals surface area contributed by atoms with Crippen molar-refractivity contribution < 1.29 is 27.4 Å². The molecule has 0 aliphatic carbocycles. The number of anilines is 1. The van der Waals surface area contributed by atoms with Gasteiger partial charge in [-0.3, -0.25) is 9.48 Å². The Morgan fingerprint density at radius 3 is 2.33 bits per heavy atom. The van der Waals surface area contributed by atoms with Crippen molar-refractivity contribution >= 4 is 22.6 Å². The van der Waals surface area contributed by atoms with Crippen LogP contribution in [0, 0.1) is 0 Å². The molecule has 4 aromatic rings. The summed E-state index contributed by atoms with van der Waals surface area (Å²) in [7, 11) is 4.67. The summed E-state index contributed by atoms with van der Waals surface area (Å²) in [4.78, 5) is 17.7. The first kappa shape index (κ1) is 22.1. The highest BCUT2D eigenvalue weighted by Crippen LogP contribution is 2.33. The maximum absolute atomic E-state index is 13.2. The molecule has 2 aromatic heterocycles. The molecular weight excluding hydrogens is 437 g/mol. The third-order valence-corrected chi connectivity index (χ3v) is 5.10. The summed E-state index contributed by atoms with van der Waals surface area (Å²) in [6, 6.07) is 11.1. The van der Waals surface area contributed by atoms with Crippen molar-refractivity contribution in [3.63, 3.8) is 0 Å². The van der Waals surface area contributed by atoms with Crippen molar-refractivity contribution in [2.24, 2.45) is 7.05 Å². The van der Waals surface area contributed by atoms with E-state index in [1.807, 2.05) is 0 Å². The number of benzene rings is 2. The van der Waals surface area contributed by atoms with Gasteiger partial charge in [0.15, 0.2) is 17.1 Å². The quantitative estimate of drug-likeness (QED) is 0.461. The molecular formula is C23H19F3N4O3. The van der Waals surface area contributed by atoms with E-state index in [1.54, 1.807) is 25.2 Å². The van der Waals surface area contributed by atoms with E-state index in [0.717, 1.165) is 12.1 Å². The predicted molar refractivity (Wildman–Crippen MR) is 116 cm³/mol. The van der Waals surface area contributed by atoms with E-state index < -0.39 is 17.6 Å². The van der Waals surface area contributed by atoms with Gasteiger partial charge in [-0.2, -0.15) is 18.3 Å². The number of halogens is 3. The normalized spacial score (nSPS) is 11.5. The molecule has 33 heavy (non-hydrogen) atoms. The van der Waals surface area contributed by atoms with Crippen molar-refractivity contribution in [2.75, 3.05) is 19.5 Å². The van der Waals surface area contributed by atoms with Gasteiger partial charge < -0.3 is 14.8 Å². The van der Waals surface area contributed by atoms with Crippen LogP contribution in [0.1, 0.15) is 15.9 Å². The average Bonchev–Trinajstić information content (AvgIpc) is 3.18. The molecule has 10 heteroatoms. The number of nitrogens with one attached hydrogen (secondary N) is 1. The molecule has 0 aliphatic heterocycles. The molecule has 0 aliphatic rings. The van der Waals surface area contributed by atoms with E-state index >= 15 is 0 Å². The molecule has 2 heterocycles. The SMILES string of the molecule is COc1ccc(NC(=O)c2cc(-c3ccc(C(F)(F)F)cc3)nc3c2cnn3C)cc1OC. The highest BCUT2D eigenvalue weighted by molar-refractivity contribution is 6.12. The number of aryl methyl sites for hydroxylation is 1. The van der Waals surface area contributed by atoms with Crippen molar-refractivity contribution in [1.82, 2.24) is 14.8 Å². The van der Waals surface area contributed by atoms with Gasteiger partial charge in [0.1, 0.15) is 0 Å². The number of ether oxygens (including phenoxy) is 2. The Labute approximate surface area is 186 Å². The van der Waals surface area contributed by atoms with E-state index in [1.165, 1.54) is 43.3 Å². The first-order valence-electron chi connectivity index (χ1n) is 9.75. The molecule has 0 saturated heterocycles. The lowest BCUT2D eigenvalue weighted by atomic mass is 10.0. The third-order valence-electron chi connectivity index (χ3n) is 5.10. The van der Waals surface area contributed by atoms with Crippen LogP contribution in [0.4, 0.5) is 18.9 Å². The Hall–Kier alpha value is -4.08. The van der Waals surface area contributed by atoms with Crippen LogP contribution in [0.25, 0.3) is 22.3 Å². The molecule has 7 nitrogen and oxygen atoms in total. The molecule has 0 bridgehead atoms. The minimum Gasteiger partial charge on any atom is -0.493 e. The van der Waals surface area contributed by atoms with Crippen LogP contribution in [-0.2, 0) is 13.2 Å². The smallest absolute Gasteiger partial charge is 0.416 e. The number of carbonyl (C=O) groups excluding carboxylic acids is 1. The van der Waals surface area contributed by atoms with Gasteiger partial charge in [-0.25, -0.2) is 4.98 Å². The van der Waals surface area contributed by atoms with Crippen molar-refractivity contribution in [3.05, 3.63) is 65.9 Å². The number of hydrogen-bond donors (Lipinski definition) is 1. The van der Waals surface area contributed by atoms with Gasteiger partial charge >= 0.3 is 6.18 Å². The Bertz CT molecular complexity index is 1330. The highest BCUT2D eigenvalue weighted by atomic mass is 19.4. The summed E-state index contributed by atoms with van der Waals surface area (Å²) in [6.07, 6.45) is -2.93. The number of aromatic nitrogens is 3. The van der Waals surface area contributed by atoms with Gasteiger partial charge in [0.05, 0.1) is 42.6 Å². The molecule has 0 atom stereocenters. The van der Waals surface area contributed by atoms with E-state index in [9.17, 15) is 18.0 Å². The fourth-order valence-corrected chi connectivity index (χ4v) is 3.39. The number of amides is 1. The predicted octanol–water partition coefficient (Wildman–Crippen LogP) is 4.92. The van der Waals surface area contributed by atoms with E-state index in [-0.39, 0.29) is 5.56 Å². The molecule has 0 radical (unpaired) electrons. The third kappa shape index (κ3) is 4.32. The second-order valence-corrected chi connectivity index (χ2v) is 7.16. The van der Waals surface area contributed by atoms with Gasteiger partial charge in [0.2, 0.25) is 0 Å². The minimum absolute atomic E-state index is 0.276. The average molecular weight is 456 g/mol. The van der Waals surface area contributed by atoms with Crippen LogP contribution in [0.5, 0.6) is 11.5 Å². The summed E-state index contributed by atoms with van der Waals surface area (Å²) >= 11 is 0. The molecule has 0 unspecified atom stereocenters. The molecule has 4 rings (SSSR count). The maximum Gasteiger partial charge on any atom is 0.416 e. The van der Waals surface area contributed by atoms with Crippen LogP contribution in [0.2, 0.25) is 0 Å². The van der Waals surface area contributed by atoms with Crippen LogP contribution in [0.15, 0.2) is 54.7 Å². The summed E-state index contributed by atoms with van der Waals surface area (Å²) < 4.78 is 50.7. The zero-order valence-corrected chi connectivity index (χ0v) is 17.9. The van der Waals surface area contributed by atoms with Crippen LogP contribution >= 0.6 is 0 Å². The second kappa shape index (κ2) is 8.45. The largest absolute Gasteiger partial charge is 0.493 e. The van der Waals surface area contributed by atoms with Crippen molar-refractivity contribution in [2.45, 2.75) is 6.18 Å². The Kier molecular flexibility index (Phi) is 5.67. The first-order chi connectivity index (χ1) is 15.7. The summed E-state index contributed by atoms with van der Waals surface area (Å²) in [6.45, 7) is 0. The van der Waals surface area contributed by atoms with Crippen LogP contribution in [0.3, 0.4) is 0 Å². The lowest BCUT2D eigenvalue weighted by Gasteiger charge is -2.12. The maximum atomic E-state index is 13.2. The fourth-order valence-electron chi connectivity index (χ4n) is 3.39. The number of carbonyl (C=O) groups is 1. The number of hydrogen-bond acceptors (Lipinski definition) is 5. The van der Waals surface area contributed by atoms with Gasteiger partial charge in [-0.15, -0.1) is 0 Å². The number of methoxy groups -OCH3 is 2. The minimum atomic E-state index is -4.44. The molecule has 1 N–H and O–H groups in total. The molecule has 0 spiro atoms. The Morgan fingerprint density at radius 1 is 1.00 bits per heavy atom. The molecule has 0 saturated carbocycles. The van der Waals surface area contributed by atoms with Gasteiger partial charge in [-0.05, 0) is 30.3 Å². The number of alkyl halides is 3. The summed E-state index contributed by atoms with van der Waals surface area (Å²) in [5, 5.41) is 7.48. The van der Waals surface area contributed by atoms with Crippen molar-refractivity contribution in [3.8, 4) is 22.8 Å². The van der Waals surface area contributed by atoms with Crippen LogP contribution in [-0.4, -0.2) is 34.9 Å². The molecule has 1 amide bonds. The highest BCUT2D eigenvalue weighted by Gasteiger charge is 2.30. The summed E-state index contributed by atoms with van der Waals surface area (Å²) in [5.74, 6) is 0.524. The second-order valence-electron chi connectivity index (χ2n) is 7.16. The lowest BCUT2D eigenvalue weighted by Crippen LogP contribution is -2.13. The number of fused-ring (bicyclic) bond motifs is 1. The van der Waals surface area contributed by atoms with E-state index in [0.29, 0.717) is 39.5 Å². The Balaban J connectivity index is 1.74. The Morgan fingerprint density at radius 2 is 1.70 bits per heavy atom. The number of rotatable bonds is 5. The van der Waals surface area contributed by atoms with Crippen LogP contribution < -0.4 is 14.8 Å². The van der Waals surface area contributed by atoms with E-state index in [4.69, 9.17) is 9.47 Å². The monoisotopic (exact) mass is 456 g/mol. The fraction of sp³-hybridized carbons (Fsp3) is 0.174. The van der Waals surface area contributed by atoms with Gasteiger partial charge in [0.25, 0.3) is 5.91 Å². The van der Waals surface area contributed by atoms with E-state index in [2.05, 4.69) is 15.4 Å². The van der Waals surface area contributed by atoms with Crippen molar-refractivity contribution in [1.29, 1.82) is 0 Å². The molecule has 170 valence electrons. The zero-order valence-electron chi connectivity index (χ0n) is 17.9. The molecule has 0 fully saturated rings. The molecule has 2 aromatic carbocycles. The van der Waals surface area contributed by atoms with Gasteiger partial charge in [0, 0.05) is 24.4 Å². The first-order valence-corrected chi connectivity index (χ1v) is 9.75. The van der Waals surface area contributed by atoms with Gasteiger partial charge in [-0.1, -0.05) is 12.1 Å². The number of nitrogens with zero attached hydrogens (tertiary/aromatic N) is 3. The topological polar surface area (TPSA) is 78.3 Å².